The molecule has 0 saturated heterocycles. The highest BCUT2D eigenvalue weighted by Gasteiger charge is 2.12. The molecule has 0 aliphatic carbocycles. The van der Waals surface area contributed by atoms with Crippen LogP contribution in [0.3, 0.4) is 0 Å². The maximum absolute atomic E-state index is 12.8. The third-order valence-electron chi connectivity index (χ3n) is 1.07. The van der Waals surface area contributed by atoms with Gasteiger partial charge in [-0.1, -0.05) is 0 Å². The van der Waals surface area contributed by atoms with Crippen molar-refractivity contribution in [1.82, 2.24) is 4.98 Å². The second-order valence-corrected chi connectivity index (χ2v) is 2.64. The third-order valence-corrected chi connectivity index (χ3v) is 1.62. The van der Waals surface area contributed by atoms with Crippen LogP contribution in [0, 0.1) is 5.82 Å². The van der Waals surface area contributed by atoms with E-state index in [0.717, 1.165) is 6.20 Å². The molecular weight excluding hydrogens is 217 g/mol. The Morgan fingerprint density at radius 3 is 2.73 bits per heavy atom. The van der Waals surface area contributed by atoms with Gasteiger partial charge >= 0.3 is 5.97 Å². The molecule has 0 bridgehead atoms. The van der Waals surface area contributed by atoms with Crippen LogP contribution in [0.4, 0.5) is 4.39 Å². The van der Waals surface area contributed by atoms with E-state index in [-0.39, 0.29) is 4.47 Å². The van der Waals surface area contributed by atoms with Crippen molar-refractivity contribution in [3.8, 4) is 0 Å². The van der Waals surface area contributed by atoms with E-state index in [1.165, 1.54) is 6.20 Å². The molecule has 1 heterocycles. The number of aromatic nitrogens is 1. The van der Waals surface area contributed by atoms with Gasteiger partial charge in [-0.2, -0.15) is 0 Å². The zero-order chi connectivity index (χ0) is 8.43. The fourth-order valence-corrected chi connectivity index (χ4v) is 0.900. The summed E-state index contributed by atoms with van der Waals surface area (Å²) >= 11 is 2.81. The Kier molecular flexibility index (Phi) is 2.19. The number of carbonyl (C=O) groups is 1. The zero-order valence-electron chi connectivity index (χ0n) is 5.21. The lowest BCUT2D eigenvalue weighted by atomic mass is 10.3. The van der Waals surface area contributed by atoms with E-state index in [1.807, 2.05) is 0 Å². The summed E-state index contributed by atoms with van der Waals surface area (Å²) < 4.78 is 12.8. The molecule has 1 aromatic rings. The summed E-state index contributed by atoms with van der Waals surface area (Å²) in [7, 11) is 0. The molecule has 0 saturated carbocycles. The van der Waals surface area contributed by atoms with Gasteiger partial charge in [0.05, 0.1) is 4.47 Å². The highest BCUT2D eigenvalue weighted by Crippen LogP contribution is 2.16. The maximum Gasteiger partial charge on any atom is 0.340 e. The van der Waals surface area contributed by atoms with E-state index in [2.05, 4.69) is 20.9 Å². The maximum atomic E-state index is 12.8. The summed E-state index contributed by atoms with van der Waals surface area (Å²) in [4.78, 5) is 13.8. The number of halogens is 2. The van der Waals surface area contributed by atoms with E-state index in [9.17, 15) is 9.18 Å². The van der Waals surface area contributed by atoms with Crippen molar-refractivity contribution in [1.29, 1.82) is 0 Å². The molecule has 0 fully saturated rings. The number of pyridine rings is 1. The monoisotopic (exact) mass is 219 g/mol. The molecule has 0 unspecified atom stereocenters. The summed E-state index contributed by atoms with van der Waals surface area (Å²) in [6, 6.07) is 0. The zero-order valence-corrected chi connectivity index (χ0v) is 6.80. The Balaban J connectivity index is 3.27. The second kappa shape index (κ2) is 2.96. The molecule has 58 valence electrons. The molecule has 0 spiro atoms. The van der Waals surface area contributed by atoms with Crippen molar-refractivity contribution >= 4 is 21.9 Å². The van der Waals surface area contributed by atoms with Crippen molar-refractivity contribution in [3.05, 3.63) is 28.2 Å². The van der Waals surface area contributed by atoms with Crippen molar-refractivity contribution in [2.45, 2.75) is 0 Å². The summed E-state index contributed by atoms with van der Waals surface area (Å²) in [5.74, 6) is -2.12. The number of nitrogens with zero attached hydrogens (tertiary/aromatic N) is 1. The molecule has 0 aliphatic rings. The lowest BCUT2D eigenvalue weighted by molar-refractivity contribution is 0.0691. The van der Waals surface area contributed by atoms with Crippen LogP contribution >= 0.6 is 15.9 Å². The first-order chi connectivity index (χ1) is 5.13. The van der Waals surface area contributed by atoms with Crippen LogP contribution in [-0.4, -0.2) is 16.1 Å². The Hall–Kier alpha value is -0.970. The molecule has 0 aliphatic heterocycles. The van der Waals surface area contributed by atoms with Gasteiger partial charge in [-0.25, -0.2) is 9.18 Å². The van der Waals surface area contributed by atoms with Crippen LogP contribution in [-0.2, 0) is 0 Å². The van der Waals surface area contributed by atoms with E-state index in [0.29, 0.717) is 0 Å². The number of carboxylic acids is 1. The van der Waals surface area contributed by atoms with Gasteiger partial charge in [-0.15, -0.1) is 0 Å². The summed E-state index contributed by atoms with van der Waals surface area (Å²) in [6.45, 7) is 0. The van der Waals surface area contributed by atoms with Crippen LogP contribution in [0.2, 0.25) is 0 Å². The molecule has 1 N–H and O–H groups in total. The Morgan fingerprint density at radius 1 is 1.64 bits per heavy atom. The number of carboxylic acid groups (broad SMARTS) is 1. The summed E-state index contributed by atoms with van der Waals surface area (Å²) in [6.07, 6.45) is 2.16. The lowest BCUT2D eigenvalue weighted by Gasteiger charge is -1.96. The van der Waals surface area contributed by atoms with Gasteiger partial charge in [0.2, 0.25) is 0 Å². The Morgan fingerprint density at radius 2 is 2.27 bits per heavy atom. The first-order valence-electron chi connectivity index (χ1n) is 2.65. The minimum atomic E-state index is -1.32. The molecule has 0 amide bonds. The minimum Gasteiger partial charge on any atom is -0.478 e. The quantitative estimate of drug-likeness (QED) is 0.783. The molecule has 0 aromatic carbocycles. The average molecular weight is 220 g/mol. The molecule has 0 radical (unpaired) electrons. The van der Waals surface area contributed by atoms with Crippen LogP contribution < -0.4 is 0 Å². The van der Waals surface area contributed by atoms with Crippen LogP contribution in [0.1, 0.15) is 10.4 Å². The van der Waals surface area contributed by atoms with Gasteiger partial charge in [-0.05, 0) is 15.9 Å². The van der Waals surface area contributed by atoms with Crippen LogP contribution in [0.5, 0.6) is 0 Å². The van der Waals surface area contributed by atoms with E-state index >= 15 is 0 Å². The molecule has 0 atom stereocenters. The largest absolute Gasteiger partial charge is 0.478 e. The van der Waals surface area contributed by atoms with Gasteiger partial charge in [0.15, 0.2) is 5.82 Å². The summed E-state index contributed by atoms with van der Waals surface area (Å²) in [5, 5.41) is 8.39. The van der Waals surface area contributed by atoms with E-state index in [4.69, 9.17) is 5.11 Å². The van der Waals surface area contributed by atoms with Crippen molar-refractivity contribution in [2.24, 2.45) is 0 Å². The van der Waals surface area contributed by atoms with Gasteiger partial charge in [0.25, 0.3) is 0 Å². The van der Waals surface area contributed by atoms with E-state index in [1.54, 1.807) is 0 Å². The topological polar surface area (TPSA) is 50.2 Å². The van der Waals surface area contributed by atoms with Gasteiger partial charge in [0, 0.05) is 12.4 Å². The number of rotatable bonds is 1. The predicted molar refractivity (Wildman–Crippen MR) is 38.9 cm³/mol. The molecule has 3 nitrogen and oxygen atoms in total. The van der Waals surface area contributed by atoms with Crippen molar-refractivity contribution in [2.75, 3.05) is 0 Å². The first kappa shape index (κ1) is 8.13. The first-order valence-corrected chi connectivity index (χ1v) is 3.44. The van der Waals surface area contributed by atoms with Gasteiger partial charge < -0.3 is 5.11 Å². The summed E-state index contributed by atoms with van der Waals surface area (Å²) in [5.41, 5.74) is -0.431. The lowest BCUT2D eigenvalue weighted by Crippen LogP contribution is -2.01. The fourth-order valence-electron chi connectivity index (χ4n) is 0.568. The van der Waals surface area contributed by atoms with Crippen LogP contribution in [0.15, 0.2) is 16.9 Å². The highest BCUT2D eigenvalue weighted by atomic mass is 79.9. The molecule has 5 heteroatoms. The van der Waals surface area contributed by atoms with Gasteiger partial charge in [-0.3, -0.25) is 4.98 Å². The van der Waals surface area contributed by atoms with Crippen molar-refractivity contribution in [3.63, 3.8) is 0 Å². The van der Waals surface area contributed by atoms with Crippen molar-refractivity contribution < 1.29 is 14.3 Å². The normalized spacial score (nSPS) is 9.64. The third kappa shape index (κ3) is 1.54. The smallest absolute Gasteiger partial charge is 0.340 e. The molecule has 1 aromatic heterocycles. The number of hydrogen-bond donors (Lipinski definition) is 1. The Labute approximate surface area is 70.0 Å². The van der Waals surface area contributed by atoms with E-state index < -0.39 is 17.3 Å². The molecule has 11 heavy (non-hydrogen) atoms. The molecule has 1 rings (SSSR count). The highest BCUT2D eigenvalue weighted by molar-refractivity contribution is 9.10. The number of hydrogen-bond acceptors (Lipinski definition) is 2. The second-order valence-electron chi connectivity index (χ2n) is 1.79. The van der Waals surface area contributed by atoms with Gasteiger partial charge in [0.1, 0.15) is 5.56 Å². The molecular formula is C6H3BrFNO2. The standard InChI is InChI=1S/C6H3BrFNO2/c7-4-2-9-1-3(5(4)8)6(10)11/h1-2H,(H,10,11). The fraction of sp³-hybridized carbons (Fsp3) is 0. The SMILES string of the molecule is O=C(O)c1cncc(Br)c1F. The van der Waals surface area contributed by atoms with Crippen LogP contribution in [0.25, 0.3) is 0 Å². The predicted octanol–water partition coefficient (Wildman–Crippen LogP) is 1.68. The minimum absolute atomic E-state index is 0.0531. The number of aromatic carboxylic acids is 1. The average Bonchev–Trinajstić information content (AvgIpc) is 1.94. The Bertz CT molecular complexity index is 303.